The average molecular weight is 398 g/mol. The molecular weight excluding hydrogens is 372 g/mol. The molecule has 8 nitrogen and oxygen atoms in total. The fourth-order valence-corrected chi connectivity index (χ4v) is 3.34. The number of hydrogen-bond acceptors (Lipinski definition) is 6. The number of methoxy groups -OCH3 is 2. The maximum absolute atomic E-state index is 12.6. The van der Waals surface area contributed by atoms with Crippen LogP contribution in [0.5, 0.6) is 5.88 Å². The quantitative estimate of drug-likeness (QED) is 0.716. The monoisotopic (exact) mass is 398 g/mol. The van der Waals surface area contributed by atoms with E-state index in [-0.39, 0.29) is 17.7 Å². The summed E-state index contributed by atoms with van der Waals surface area (Å²) in [4.78, 5) is 35.1. The number of nitrogens with zero attached hydrogens (tertiary/aromatic N) is 3. The summed E-state index contributed by atoms with van der Waals surface area (Å²) >= 11 is 0. The smallest absolute Gasteiger partial charge is 0.255 e. The van der Waals surface area contributed by atoms with Crippen molar-refractivity contribution in [3.05, 3.63) is 53.5 Å². The number of pyridine rings is 2. The zero-order valence-corrected chi connectivity index (χ0v) is 16.8. The summed E-state index contributed by atoms with van der Waals surface area (Å²) in [5.74, 6) is 0.588. The van der Waals surface area contributed by atoms with Gasteiger partial charge in [0.05, 0.1) is 24.8 Å². The first-order chi connectivity index (χ1) is 14.1. The molecule has 8 heteroatoms. The number of likely N-dealkylation sites (tertiary alicyclic amines) is 1. The summed E-state index contributed by atoms with van der Waals surface area (Å²) in [6.45, 7) is 2.27. The van der Waals surface area contributed by atoms with Crippen LogP contribution in [0.4, 0.5) is 0 Å². The largest absolute Gasteiger partial charge is 0.481 e. The molecule has 0 atom stereocenters. The second-order valence-corrected chi connectivity index (χ2v) is 6.88. The van der Waals surface area contributed by atoms with Gasteiger partial charge in [-0.1, -0.05) is 0 Å². The van der Waals surface area contributed by atoms with Gasteiger partial charge in [0.25, 0.3) is 11.8 Å². The van der Waals surface area contributed by atoms with E-state index in [0.29, 0.717) is 43.2 Å². The Labute approximate surface area is 170 Å². The highest BCUT2D eigenvalue weighted by Crippen LogP contribution is 2.27. The second-order valence-electron chi connectivity index (χ2n) is 6.88. The number of piperidine rings is 1. The maximum Gasteiger partial charge on any atom is 0.255 e. The first kappa shape index (κ1) is 20.7. The Bertz CT molecular complexity index is 816. The molecule has 1 N–H and O–H groups in total. The van der Waals surface area contributed by atoms with Gasteiger partial charge in [0, 0.05) is 56.8 Å². The predicted molar refractivity (Wildman–Crippen MR) is 107 cm³/mol. The van der Waals surface area contributed by atoms with E-state index in [1.54, 1.807) is 44.8 Å². The van der Waals surface area contributed by atoms with Crippen LogP contribution in [0.25, 0.3) is 0 Å². The van der Waals surface area contributed by atoms with E-state index in [4.69, 9.17) is 9.47 Å². The highest BCUT2D eigenvalue weighted by molar-refractivity contribution is 5.94. The average Bonchev–Trinajstić information content (AvgIpc) is 2.79. The Kier molecular flexibility index (Phi) is 7.13. The summed E-state index contributed by atoms with van der Waals surface area (Å²) in [7, 11) is 3.14. The van der Waals surface area contributed by atoms with Gasteiger partial charge in [-0.3, -0.25) is 14.6 Å². The summed E-state index contributed by atoms with van der Waals surface area (Å²) in [6, 6.07) is 7.13. The van der Waals surface area contributed by atoms with Crippen molar-refractivity contribution in [1.82, 2.24) is 20.2 Å². The molecule has 3 heterocycles. The third kappa shape index (κ3) is 5.29. The van der Waals surface area contributed by atoms with Gasteiger partial charge < -0.3 is 19.7 Å². The van der Waals surface area contributed by atoms with Crippen LogP contribution in [0.2, 0.25) is 0 Å². The molecule has 0 bridgehead atoms. The molecule has 1 aliphatic heterocycles. The van der Waals surface area contributed by atoms with Gasteiger partial charge in [-0.2, -0.15) is 0 Å². The van der Waals surface area contributed by atoms with Crippen LogP contribution in [0.15, 0.2) is 36.7 Å². The first-order valence-corrected chi connectivity index (χ1v) is 9.64. The molecule has 2 aromatic rings. The van der Waals surface area contributed by atoms with E-state index in [1.165, 1.54) is 0 Å². The van der Waals surface area contributed by atoms with Gasteiger partial charge >= 0.3 is 0 Å². The Morgan fingerprint density at radius 2 is 1.79 bits per heavy atom. The molecule has 0 aliphatic carbocycles. The Hall–Kier alpha value is -3.00. The predicted octanol–water partition coefficient (Wildman–Crippen LogP) is 1.88. The van der Waals surface area contributed by atoms with Crippen LogP contribution in [0.3, 0.4) is 0 Å². The summed E-state index contributed by atoms with van der Waals surface area (Å²) in [5.41, 5.74) is 2.05. The van der Waals surface area contributed by atoms with Crippen LogP contribution in [-0.2, 0) is 4.74 Å². The number of carbonyl (C=O) groups excluding carboxylic acids is 2. The van der Waals surface area contributed by atoms with Crippen molar-refractivity contribution in [2.24, 2.45) is 0 Å². The minimum absolute atomic E-state index is 0.0189. The van der Waals surface area contributed by atoms with Crippen molar-refractivity contribution < 1.29 is 19.1 Å². The normalized spacial score (nSPS) is 14.5. The van der Waals surface area contributed by atoms with E-state index in [1.807, 2.05) is 11.0 Å². The SMILES string of the molecule is COCCNC(=O)c1ccc(C2CCN(C(=O)c3ccc(OC)nc3)CC2)nc1. The molecule has 0 spiro atoms. The van der Waals surface area contributed by atoms with E-state index in [9.17, 15) is 9.59 Å². The minimum Gasteiger partial charge on any atom is -0.481 e. The number of carbonyl (C=O) groups is 2. The van der Waals surface area contributed by atoms with Crippen LogP contribution in [0.1, 0.15) is 45.2 Å². The van der Waals surface area contributed by atoms with Crippen LogP contribution >= 0.6 is 0 Å². The molecule has 0 unspecified atom stereocenters. The van der Waals surface area contributed by atoms with Crippen molar-refractivity contribution >= 4 is 11.8 Å². The van der Waals surface area contributed by atoms with Crippen molar-refractivity contribution in [3.63, 3.8) is 0 Å². The van der Waals surface area contributed by atoms with Crippen LogP contribution in [0, 0.1) is 0 Å². The Morgan fingerprint density at radius 3 is 2.38 bits per heavy atom. The zero-order valence-electron chi connectivity index (χ0n) is 16.8. The number of amides is 2. The third-order valence-electron chi connectivity index (χ3n) is 5.03. The fraction of sp³-hybridized carbons (Fsp3) is 0.429. The maximum atomic E-state index is 12.6. The topological polar surface area (TPSA) is 93.7 Å². The van der Waals surface area contributed by atoms with Gasteiger partial charge in [0.15, 0.2) is 0 Å². The van der Waals surface area contributed by atoms with Crippen LogP contribution < -0.4 is 10.1 Å². The zero-order chi connectivity index (χ0) is 20.6. The Balaban J connectivity index is 1.53. The fourth-order valence-electron chi connectivity index (χ4n) is 3.34. The van der Waals surface area contributed by atoms with Gasteiger partial charge in [-0.05, 0) is 31.0 Å². The lowest BCUT2D eigenvalue weighted by molar-refractivity contribution is 0.0711. The molecule has 1 fully saturated rings. The highest BCUT2D eigenvalue weighted by Gasteiger charge is 2.25. The highest BCUT2D eigenvalue weighted by atomic mass is 16.5. The van der Waals surface area contributed by atoms with E-state index in [0.717, 1.165) is 18.5 Å². The molecule has 2 amide bonds. The third-order valence-corrected chi connectivity index (χ3v) is 5.03. The number of aromatic nitrogens is 2. The summed E-state index contributed by atoms with van der Waals surface area (Å²) in [6.07, 6.45) is 4.83. The molecule has 1 aliphatic rings. The molecule has 0 radical (unpaired) electrons. The van der Waals surface area contributed by atoms with Gasteiger partial charge in [0.2, 0.25) is 5.88 Å². The summed E-state index contributed by atoms with van der Waals surface area (Å²) in [5, 5.41) is 2.78. The molecule has 154 valence electrons. The van der Waals surface area contributed by atoms with Crippen molar-refractivity contribution in [1.29, 1.82) is 0 Å². The minimum atomic E-state index is -0.158. The molecule has 29 heavy (non-hydrogen) atoms. The molecule has 2 aromatic heterocycles. The Morgan fingerprint density at radius 1 is 1.07 bits per heavy atom. The molecule has 0 saturated carbocycles. The van der Waals surface area contributed by atoms with Crippen molar-refractivity contribution in [2.75, 3.05) is 40.5 Å². The second kappa shape index (κ2) is 9.97. The van der Waals surface area contributed by atoms with E-state index >= 15 is 0 Å². The molecule has 3 rings (SSSR count). The number of nitrogens with one attached hydrogen (secondary N) is 1. The van der Waals surface area contributed by atoms with Crippen LogP contribution in [-0.4, -0.2) is 67.1 Å². The standard InChI is InChI=1S/C21H26N4O4/c1-28-12-9-22-20(26)16-3-5-18(23-13-16)15-7-10-25(11-8-15)21(27)17-4-6-19(29-2)24-14-17/h3-6,13-15H,7-12H2,1-2H3,(H,22,26). The lowest BCUT2D eigenvalue weighted by Crippen LogP contribution is -2.38. The van der Waals surface area contributed by atoms with Gasteiger partial charge in [0.1, 0.15) is 0 Å². The van der Waals surface area contributed by atoms with Crippen molar-refractivity contribution in [2.45, 2.75) is 18.8 Å². The van der Waals surface area contributed by atoms with E-state index in [2.05, 4.69) is 15.3 Å². The molecule has 0 aromatic carbocycles. The number of hydrogen-bond donors (Lipinski definition) is 1. The lowest BCUT2D eigenvalue weighted by Gasteiger charge is -2.31. The van der Waals surface area contributed by atoms with E-state index < -0.39 is 0 Å². The van der Waals surface area contributed by atoms with Gasteiger partial charge in [-0.25, -0.2) is 4.98 Å². The molecular formula is C21H26N4O4. The number of ether oxygens (including phenoxy) is 2. The van der Waals surface area contributed by atoms with Crippen molar-refractivity contribution in [3.8, 4) is 5.88 Å². The molecule has 1 saturated heterocycles. The van der Waals surface area contributed by atoms with Gasteiger partial charge in [-0.15, -0.1) is 0 Å². The lowest BCUT2D eigenvalue weighted by atomic mass is 9.92. The first-order valence-electron chi connectivity index (χ1n) is 9.64. The number of rotatable bonds is 7. The summed E-state index contributed by atoms with van der Waals surface area (Å²) < 4.78 is 9.95.